The van der Waals surface area contributed by atoms with Gasteiger partial charge in [0.15, 0.2) is 0 Å². The average Bonchev–Trinajstić information content (AvgIpc) is 2.13. The normalized spacial score (nSPS) is 12.5. The van der Waals surface area contributed by atoms with Crippen LogP contribution in [0, 0.1) is 5.92 Å². The summed E-state index contributed by atoms with van der Waals surface area (Å²) >= 11 is 0. The van der Waals surface area contributed by atoms with Gasteiger partial charge in [0, 0.05) is 0 Å². The Labute approximate surface area is 79.6 Å². The third-order valence-corrected chi connectivity index (χ3v) is 2.13. The molecule has 0 aliphatic rings. The molecule has 0 rings (SSSR count). The van der Waals surface area contributed by atoms with Crippen LogP contribution in [0.3, 0.4) is 0 Å². The molecule has 0 fully saturated rings. The number of aliphatic hydroxyl groups is 3. The van der Waals surface area contributed by atoms with Crippen LogP contribution < -0.4 is 5.32 Å². The predicted molar refractivity (Wildman–Crippen MR) is 51.4 cm³/mol. The lowest BCUT2D eigenvalue weighted by Gasteiger charge is -2.29. The monoisotopic (exact) mass is 191 g/mol. The molecule has 0 aromatic rings. The van der Waals surface area contributed by atoms with Crippen LogP contribution in [0.25, 0.3) is 0 Å². The Morgan fingerprint density at radius 2 is 1.54 bits per heavy atom. The number of hydrogen-bond donors (Lipinski definition) is 4. The third-order valence-electron chi connectivity index (χ3n) is 2.13. The molecular formula is C9H21NO3. The van der Waals surface area contributed by atoms with Gasteiger partial charge in [0.2, 0.25) is 0 Å². The molecule has 4 N–H and O–H groups in total. The minimum atomic E-state index is -0.922. The Balaban J connectivity index is 3.81. The molecule has 0 amide bonds. The van der Waals surface area contributed by atoms with Crippen LogP contribution in [0.4, 0.5) is 0 Å². The fourth-order valence-corrected chi connectivity index (χ4v) is 0.944. The highest BCUT2D eigenvalue weighted by Crippen LogP contribution is 2.03. The molecule has 0 bridgehead atoms. The standard InChI is InChI=1S/C9H21NO3/c1-8(2)3-4-10-9(5-11,6-12)7-13/h8,10-13H,3-7H2,1-2H3. The molecule has 0 unspecified atom stereocenters. The Morgan fingerprint density at radius 3 is 1.85 bits per heavy atom. The summed E-state index contributed by atoms with van der Waals surface area (Å²) in [5.74, 6) is 0.571. The van der Waals surface area contributed by atoms with Gasteiger partial charge >= 0.3 is 0 Å². The zero-order valence-electron chi connectivity index (χ0n) is 8.45. The van der Waals surface area contributed by atoms with E-state index in [1.54, 1.807) is 0 Å². The highest BCUT2D eigenvalue weighted by Gasteiger charge is 2.26. The highest BCUT2D eigenvalue weighted by atomic mass is 16.3. The van der Waals surface area contributed by atoms with Gasteiger partial charge in [0.1, 0.15) is 0 Å². The molecule has 0 saturated heterocycles. The molecule has 0 spiro atoms. The van der Waals surface area contributed by atoms with E-state index in [1.165, 1.54) is 0 Å². The molecule has 4 heteroatoms. The van der Waals surface area contributed by atoms with Gasteiger partial charge in [-0.05, 0) is 18.9 Å². The zero-order chi connectivity index (χ0) is 10.3. The Hall–Kier alpha value is -0.160. The Morgan fingerprint density at radius 1 is 1.08 bits per heavy atom. The van der Waals surface area contributed by atoms with E-state index in [0.29, 0.717) is 12.5 Å². The van der Waals surface area contributed by atoms with Crippen molar-refractivity contribution in [2.24, 2.45) is 5.92 Å². The molecule has 0 heterocycles. The van der Waals surface area contributed by atoms with E-state index in [2.05, 4.69) is 19.2 Å². The first-order valence-corrected chi connectivity index (χ1v) is 4.68. The van der Waals surface area contributed by atoms with Crippen molar-refractivity contribution in [2.45, 2.75) is 25.8 Å². The van der Waals surface area contributed by atoms with Crippen LogP contribution in [0.5, 0.6) is 0 Å². The number of nitrogens with one attached hydrogen (secondary N) is 1. The van der Waals surface area contributed by atoms with Crippen LogP contribution >= 0.6 is 0 Å². The summed E-state index contributed by atoms with van der Waals surface area (Å²) in [4.78, 5) is 0. The lowest BCUT2D eigenvalue weighted by Crippen LogP contribution is -2.55. The van der Waals surface area contributed by atoms with Gasteiger partial charge in [-0.25, -0.2) is 0 Å². The molecule has 0 radical (unpaired) electrons. The summed E-state index contributed by atoms with van der Waals surface area (Å²) in [6.45, 7) is 4.13. The molecule has 0 aliphatic carbocycles. The van der Waals surface area contributed by atoms with Crippen molar-refractivity contribution in [2.75, 3.05) is 26.4 Å². The molecule has 4 nitrogen and oxygen atoms in total. The molecule has 13 heavy (non-hydrogen) atoms. The summed E-state index contributed by atoms with van der Waals surface area (Å²) in [5.41, 5.74) is -0.922. The molecule has 80 valence electrons. The third kappa shape index (κ3) is 4.57. The molecule has 0 aromatic heterocycles. The van der Waals surface area contributed by atoms with E-state index < -0.39 is 5.54 Å². The summed E-state index contributed by atoms with van der Waals surface area (Å²) < 4.78 is 0. The maximum absolute atomic E-state index is 8.96. The second-order valence-electron chi connectivity index (χ2n) is 3.86. The van der Waals surface area contributed by atoms with Crippen LogP contribution in [-0.2, 0) is 0 Å². The second kappa shape index (κ2) is 6.32. The molecule has 0 saturated carbocycles. The summed E-state index contributed by atoms with van der Waals surface area (Å²) in [7, 11) is 0. The largest absolute Gasteiger partial charge is 0.394 e. The maximum Gasteiger partial charge on any atom is 0.0881 e. The van der Waals surface area contributed by atoms with Crippen molar-refractivity contribution >= 4 is 0 Å². The first kappa shape index (κ1) is 12.8. The van der Waals surface area contributed by atoms with Gasteiger partial charge in [0.25, 0.3) is 0 Å². The molecule has 0 aromatic carbocycles. The smallest absolute Gasteiger partial charge is 0.0881 e. The van der Waals surface area contributed by atoms with Gasteiger partial charge in [-0.3, -0.25) is 0 Å². The first-order valence-electron chi connectivity index (χ1n) is 4.68. The number of aliphatic hydroxyl groups excluding tert-OH is 3. The topological polar surface area (TPSA) is 72.7 Å². The Kier molecular flexibility index (Phi) is 6.24. The fraction of sp³-hybridized carbons (Fsp3) is 1.00. The van der Waals surface area contributed by atoms with E-state index in [9.17, 15) is 0 Å². The van der Waals surface area contributed by atoms with E-state index in [0.717, 1.165) is 6.42 Å². The van der Waals surface area contributed by atoms with Gasteiger partial charge in [0.05, 0.1) is 25.4 Å². The first-order chi connectivity index (χ1) is 6.10. The summed E-state index contributed by atoms with van der Waals surface area (Å²) in [6, 6.07) is 0. The summed E-state index contributed by atoms with van der Waals surface area (Å²) in [6.07, 6.45) is 0.960. The maximum atomic E-state index is 8.96. The van der Waals surface area contributed by atoms with E-state index in [-0.39, 0.29) is 19.8 Å². The number of hydrogen-bond acceptors (Lipinski definition) is 4. The minimum Gasteiger partial charge on any atom is -0.394 e. The van der Waals surface area contributed by atoms with Crippen molar-refractivity contribution < 1.29 is 15.3 Å². The van der Waals surface area contributed by atoms with E-state index >= 15 is 0 Å². The van der Waals surface area contributed by atoms with Crippen molar-refractivity contribution in [3.05, 3.63) is 0 Å². The lowest BCUT2D eigenvalue weighted by atomic mass is 10.0. The van der Waals surface area contributed by atoms with Crippen LogP contribution in [0.2, 0.25) is 0 Å². The summed E-state index contributed by atoms with van der Waals surface area (Å²) in [5, 5.41) is 29.8. The highest BCUT2D eigenvalue weighted by molar-refractivity contribution is 4.85. The van der Waals surface area contributed by atoms with Gasteiger partial charge < -0.3 is 20.6 Å². The van der Waals surface area contributed by atoms with Crippen LogP contribution in [0.1, 0.15) is 20.3 Å². The van der Waals surface area contributed by atoms with Crippen molar-refractivity contribution in [3.63, 3.8) is 0 Å². The predicted octanol–water partition coefficient (Wildman–Crippen LogP) is -0.662. The average molecular weight is 191 g/mol. The molecule has 0 atom stereocenters. The van der Waals surface area contributed by atoms with E-state index in [1.807, 2.05) is 0 Å². The Bertz CT molecular complexity index is 116. The van der Waals surface area contributed by atoms with Crippen molar-refractivity contribution in [1.82, 2.24) is 5.32 Å². The van der Waals surface area contributed by atoms with E-state index in [4.69, 9.17) is 15.3 Å². The van der Waals surface area contributed by atoms with Gasteiger partial charge in [-0.1, -0.05) is 13.8 Å². The lowest BCUT2D eigenvalue weighted by molar-refractivity contribution is 0.0420. The molecular weight excluding hydrogens is 170 g/mol. The fourth-order valence-electron chi connectivity index (χ4n) is 0.944. The number of rotatable bonds is 7. The minimum absolute atomic E-state index is 0.252. The van der Waals surface area contributed by atoms with Gasteiger partial charge in [-0.2, -0.15) is 0 Å². The van der Waals surface area contributed by atoms with Crippen molar-refractivity contribution in [3.8, 4) is 0 Å². The van der Waals surface area contributed by atoms with Crippen LogP contribution in [-0.4, -0.2) is 47.2 Å². The van der Waals surface area contributed by atoms with Crippen LogP contribution in [0.15, 0.2) is 0 Å². The zero-order valence-corrected chi connectivity index (χ0v) is 8.45. The SMILES string of the molecule is CC(C)CCNC(CO)(CO)CO. The quantitative estimate of drug-likeness (QED) is 0.431. The second-order valence-corrected chi connectivity index (χ2v) is 3.86. The van der Waals surface area contributed by atoms with Crippen molar-refractivity contribution in [1.29, 1.82) is 0 Å². The molecule has 0 aliphatic heterocycles. The van der Waals surface area contributed by atoms with Gasteiger partial charge in [-0.15, -0.1) is 0 Å².